The van der Waals surface area contributed by atoms with Crippen LogP contribution in [0.15, 0.2) is 88.8 Å². The van der Waals surface area contributed by atoms with Gasteiger partial charge in [-0.2, -0.15) is 0 Å². The van der Waals surface area contributed by atoms with E-state index in [2.05, 4.69) is 41.6 Å². The number of sulfonamides is 1. The number of rotatable bonds is 8. The van der Waals surface area contributed by atoms with Crippen LogP contribution in [0.25, 0.3) is 0 Å². The Bertz CT molecular complexity index is 1800. The van der Waals surface area contributed by atoms with Crippen LogP contribution >= 0.6 is 0 Å². The first kappa shape index (κ1) is 29.3. The van der Waals surface area contributed by atoms with E-state index < -0.39 is 10.0 Å². The van der Waals surface area contributed by atoms with Crippen molar-refractivity contribution in [2.24, 2.45) is 4.99 Å². The van der Waals surface area contributed by atoms with Gasteiger partial charge in [0.15, 0.2) is 0 Å². The summed E-state index contributed by atoms with van der Waals surface area (Å²) < 4.78 is 33.6. The fourth-order valence-corrected chi connectivity index (χ4v) is 6.37. The largest absolute Gasteiger partial charge is 0.497 e. The van der Waals surface area contributed by atoms with Gasteiger partial charge in [-0.15, -0.1) is 0 Å². The molecule has 6 rings (SSSR count). The molecule has 1 fully saturated rings. The molecule has 11 nitrogen and oxygen atoms in total. The van der Waals surface area contributed by atoms with E-state index in [0.29, 0.717) is 29.5 Å². The van der Waals surface area contributed by atoms with Gasteiger partial charge >= 0.3 is 0 Å². The predicted octanol–water partition coefficient (Wildman–Crippen LogP) is 4.15. The number of nitrogens with zero attached hydrogens (tertiary/aromatic N) is 6. The number of benzene rings is 3. The van der Waals surface area contributed by atoms with Crippen LogP contribution in [0.5, 0.6) is 5.75 Å². The van der Waals surface area contributed by atoms with Crippen molar-refractivity contribution in [3.63, 3.8) is 0 Å². The SMILES string of the molecule is COc1ccc(N2CCN(CN3C(=O)C(=Nc4ccc(S(=O)(=O)Nc5nc(C)cc(C)n5)cc4)c4ccccc43)CC2)cc1. The molecule has 2 aliphatic rings. The maximum absolute atomic E-state index is 13.7. The molecule has 12 heteroatoms. The van der Waals surface area contributed by atoms with Crippen LogP contribution in [-0.2, 0) is 14.8 Å². The molecule has 1 N–H and O–H groups in total. The van der Waals surface area contributed by atoms with E-state index in [9.17, 15) is 13.2 Å². The highest BCUT2D eigenvalue weighted by Crippen LogP contribution is 2.32. The first-order valence-electron chi connectivity index (χ1n) is 14.3. The summed E-state index contributed by atoms with van der Waals surface area (Å²) in [6, 6.07) is 23.5. The van der Waals surface area contributed by atoms with Gasteiger partial charge in [-0.05, 0) is 74.5 Å². The summed E-state index contributed by atoms with van der Waals surface area (Å²) in [6.07, 6.45) is 0. The van der Waals surface area contributed by atoms with E-state index in [4.69, 9.17) is 4.74 Å². The topological polar surface area (TPSA) is 120 Å². The molecular weight excluding hydrogens is 578 g/mol. The number of hydrogen-bond acceptors (Lipinski definition) is 9. The summed E-state index contributed by atoms with van der Waals surface area (Å²) in [5, 5.41) is 0. The smallest absolute Gasteiger partial charge is 0.278 e. The summed E-state index contributed by atoms with van der Waals surface area (Å²) in [5.41, 5.74) is 4.83. The van der Waals surface area contributed by atoms with Crippen molar-refractivity contribution >= 4 is 44.7 Å². The minimum absolute atomic E-state index is 0.0159. The second-order valence-electron chi connectivity index (χ2n) is 10.7. The predicted molar refractivity (Wildman–Crippen MR) is 171 cm³/mol. The van der Waals surface area contributed by atoms with Gasteiger partial charge < -0.3 is 9.64 Å². The third-order valence-electron chi connectivity index (χ3n) is 7.64. The number of fused-ring (bicyclic) bond motifs is 1. The number of anilines is 3. The number of methoxy groups -OCH3 is 1. The van der Waals surface area contributed by atoms with Crippen LogP contribution in [0.2, 0.25) is 0 Å². The zero-order chi connectivity index (χ0) is 30.8. The van der Waals surface area contributed by atoms with Crippen LogP contribution < -0.4 is 19.3 Å². The van der Waals surface area contributed by atoms with Crippen LogP contribution in [0.3, 0.4) is 0 Å². The van der Waals surface area contributed by atoms with Crippen molar-refractivity contribution in [3.8, 4) is 5.75 Å². The molecule has 0 aliphatic carbocycles. The van der Waals surface area contributed by atoms with Crippen LogP contribution in [0, 0.1) is 13.8 Å². The van der Waals surface area contributed by atoms with Crippen LogP contribution in [0.1, 0.15) is 17.0 Å². The highest BCUT2D eigenvalue weighted by molar-refractivity contribution is 7.92. The highest BCUT2D eigenvalue weighted by Gasteiger charge is 2.35. The summed E-state index contributed by atoms with van der Waals surface area (Å²) >= 11 is 0. The Morgan fingerprint density at radius 1 is 0.886 bits per heavy atom. The first-order chi connectivity index (χ1) is 21.2. The van der Waals surface area contributed by atoms with Crippen molar-refractivity contribution in [1.82, 2.24) is 14.9 Å². The summed E-state index contributed by atoms with van der Waals surface area (Å²) in [5.74, 6) is 0.661. The van der Waals surface area contributed by atoms with Crippen molar-refractivity contribution in [3.05, 3.63) is 95.8 Å². The number of aliphatic imine (C=N–C) groups is 1. The minimum Gasteiger partial charge on any atom is -0.497 e. The molecule has 1 aromatic heterocycles. The molecule has 3 heterocycles. The summed E-state index contributed by atoms with van der Waals surface area (Å²) in [6.45, 7) is 7.30. The number of ether oxygens (including phenoxy) is 1. The van der Waals surface area contributed by atoms with E-state index in [1.54, 1.807) is 44.1 Å². The third kappa shape index (κ3) is 6.12. The Hall–Kier alpha value is -4.81. The van der Waals surface area contributed by atoms with Gasteiger partial charge in [-0.25, -0.2) is 28.1 Å². The molecule has 0 radical (unpaired) electrons. The van der Waals surface area contributed by atoms with Crippen molar-refractivity contribution < 1.29 is 17.9 Å². The molecule has 0 saturated carbocycles. The van der Waals surface area contributed by atoms with E-state index in [1.807, 2.05) is 36.4 Å². The summed E-state index contributed by atoms with van der Waals surface area (Å²) in [4.78, 5) is 33.1. The molecule has 2 aliphatic heterocycles. The Morgan fingerprint density at radius 3 is 2.20 bits per heavy atom. The quantitative estimate of drug-likeness (QED) is 0.316. The molecule has 4 aromatic rings. The Kier molecular flexibility index (Phi) is 8.02. The van der Waals surface area contributed by atoms with Gasteiger partial charge in [0.2, 0.25) is 5.95 Å². The molecule has 0 bridgehead atoms. The number of amides is 1. The van der Waals surface area contributed by atoms with E-state index in [-0.39, 0.29) is 16.8 Å². The second-order valence-corrected chi connectivity index (χ2v) is 12.4. The van der Waals surface area contributed by atoms with Crippen LogP contribution in [0.4, 0.5) is 23.0 Å². The zero-order valence-electron chi connectivity index (χ0n) is 24.8. The number of nitrogens with one attached hydrogen (secondary N) is 1. The number of para-hydroxylation sites is 1. The Balaban J connectivity index is 1.15. The Morgan fingerprint density at radius 2 is 1.55 bits per heavy atom. The lowest BCUT2D eigenvalue weighted by Crippen LogP contribution is -2.51. The minimum atomic E-state index is -3.91. The van der Waals surface area contributed by atoms with Gasteiger partial charge in [0.1, 0.15) is 11.5 Å². The van der Waals surface area contributed by atoms with E-state index in [0.717, 1.165) is 48.9 Å². The van der Waals surface area contributed by atoms with Gasteiger partial charge in [0.05, 0.1) is 30.0 Å². The number of piperazine rings is 1. The average molecular weight is 612 g/mol. The fourth-order valence-electron chi connectivity index (χ4n) is 5.43. The molecule has 44 heavy (non-hydrogen) atoms. The Labute approximate surface area is 256 Å². The second kappa shape index (κ2) is 12.1. The fraction of sp³-hybridized carbons (Fsp3) is 0.250. The average Bonchev–Trinajstić information content (AvgIpc) is 3.27. The van der Waals surface area contributed by atoms with E-state index >= 15 is 0 Å². The molecule has 226 valence electrons. The molecule has 1 amide bonds. The van der Waals surface area contributed by atoms with Crippen molar-refractivity contribution in [2.75, 3.05) is 54.5 Å². The lowest BCUT2D eigenvalue weighted by Gasteiger charge is -2.37. The maximum Gasteiger partial charge on any atom is 0.278 e. The van der Waals surface area contributed by atoms with Gasteiger partial charge in [0.25, 0.3) is 15.9 Å². The third-order valence-corrected chi connectivity index (χ3v) is 8.99. The first-order valence-corrected chi connectivity index (χ1v) is 15.7. The van der Waals surface area contributed by atoms with E-state index in [1.165, 1.54) is 12.1 Å². The number of aryl methyl sites for hydroxylation is 2. The van der Waals surface area contributed by atoms with Gasteiger partial charge in [-0.3, -0.25) is 14.6 Å². The van der Waals surface area contributed by atoms with Crippen molar-refractivity contribution in [2.45, 2.75) is 18.7 Å². The number of carbonyl (C=O) groups excluding carboxylic acids is 1. The lowest BCUT2D eigenvalue weighted by molar-refractivity contribution is -0.112. The molecule has 3 aromatic carbocycles. The molecule has 0 unspecified atom stereocenters. The number of hydrogen-bond donors (Lipinski definition) is 1. The highest BCUT2D eigenvalue weighted by atomic mass is 32.2. The number of aromatic nitrogens is 2. The normalized spacial score (nSPS) is 16.3. The monoisotopic (exact) mass is 611 g/mol. The van der Waals surface area contributed by atoms with Crippen molar-refractivity contribution in [1.29, 1.82) is 0 Å². The van der Waals surface area contributed by atoms with Gasteiger partial charge in [-0.1, -0.05) is 18.2 Å². The van der Waals surface area contributed by atoms with Crippen LogP contribution in [-0.4, -0.2) is 74.9 Å². The van der Waals surface area contributed by atoms with Gasteiger partial charge in [0, 0.05) is 48.8 Å². The molecular formula is C32H33N7O4S. The number of carbonyl (C=O) groups is 1. The molecule has 1 saturated heterocycles. The standard InChI is InChI=1S/C32H33N7O4S/c1-22-20-23(2)34-32(33-22)36-44(41,42)27-14-8-24(9-15-27)35-30-28-6-4-5-7-29(28)39(31(30)40)21-37-16-18-38(19-17-37)25-10-12-26(43-3)13-11-25/h4-15,20H,16-19,21H2,1-3H3,(H,33,34,36). The molecule has 0 atom stereocenters. The molecule has 0 spiro atoms. The maximum atomic E-state index is 13.7. The summed E-state index contributed by atoms with van der Waals surface area (Å²) in [7, 11) is -2.25. The zero-order valence-corrected chi connectivity index (χ0v) is 25.6. The lowest BCUT2D eigenvalue weighted by atomic mass is 10.1.